The molecule has 0 fully saturated rings. The Morgan fingerprint density at radius 1 is 0.755 bits per heavy atom. The molecule has 0 saturated carbocycles. The van der Waals surface area contributed by atoms with Gasteiger partial charge in [0.2, 0.25) is 11.9 Å². The lowest BCUT2D eigenvalue weighted by atomic mass is 9.93. The maximum absolute atomic E-state index is 12.9. The monoisotopic (exact) mass is 736 g/mol. The lowest BCUT2D eigenvalue weighted by Gasteiger charge is -2.25. The van der Waals surface area contributed by atoms with Crippen LogP contribution in [0.15, 0.2) is 84.3 Å². The second-order valence-corrected chi connectivity index (χ2v) is 12.8. The van der Waals surface area contributed by atoms with Crippen LogP contribution in [0.25, 0.3) is 0 Å². The van der Waals surface area contributed by atoms with Gasteiger partial charge in [0, 0.05) is 43.0 Å². The van der Waals surface area contributed by atoms with E-state index in [9.17, 15) is 27.6 Å². The highest BCUT2D eigenvalue weighted by molar-refractivity contribution is 6.35. The molecule has 0 unspecified atom stereocenters. The molecule has 53 heavy (non-hydrogen) atoms. The molecule has 3 aromatic rings. The number of halogens is 3. The molecule has 280 valence electrons. The number of rotatable bonds is 2. The van der Waals surface area contributed by atoms with Crippen LogP contribution >= 0.6 is 0 Å². The van der Waals surface area contributed by atoms with Crippen molar-refractivity contribution in [3.05, 3.63) is 95.4 Å². The molecule has 5 heterocycles. The van der Waals surface area contributed by atoms with Crippen molar-refractivity contribution in [2.45, 2.75) is 39.4 Å². The van der Waals surface area contributed by atoms with Crippen LogP contribution in [0.4, 0.5) is 30.8 Å². The Kier molecular flexibility index (Phi) is 12.5. The van der Waals surface area contributed by atoms with Gasteiger partial charge in [0.05, 0.1) is 5.76 Å². The fourth-order valence-corrected chi connectivity index (χ4v) is 4.79. The topological polar surface area (TPSA) is 178 Å². The zero-order valence-electron chi connectivity index (χ0n) is 29.0. The van der Waals surface area contributed by atoms with E-state index in [-0.39, 0.29) is 37.4 Å². The van der Waals surface area contributed by atoms with Crippen LogP contribution in [0.1, 0.15) is 42.6 Å². The Labute approximate surface area is 303 Å². The van der Waals surface area contributed by atoms with Gasteiger partial charge in [0.15, 0.2) is 6.61 Å². The largest absolute Gasteiger partial charge is 0.494 e. The Morgan fingerprint density at radius 2 is 1.43 bits per heavy atom. The third kappa shape index (κ3) is 12.6. The zero-order chi connectivity index (χ0) is 37.8. The highest BCUT2D eigenvalue weighted by Gasteiger charge is 2.29. The number of alkyl halides is 3. The molecule has 0 saturated heterocycles. The molecule has 1 aliphatic carbocycles. The van der Waals surface area contributed by atoms with Crippen molar-refractivity contribution in [3.8, 4) is 11.8 Å². The number of hydrogen-bond donors (Lipinski definition) is 5. The van der Waals surface area contributed by atoms with Gasteiger partial charge in [0.1, 0.15) is 19.0 Å². The third-order valence-electron chi connectivity index (χ3n) is 7.68. The van der Waals surface area contributed by atoms with E-state index in [0.29, 0.717) is 48.8 Å². The fraction of sp³-hybridized carbons (Fsp3) is 0.333. The maximum atomic E-state index is 12.9. The quantitative estimate of drug-likeness (QED) is 0.182. The molecule has 8 rings (SSSR count). The summed E-state index contributed by atoms with van der Waals surface area (Å²) in [4.78, 5) is 50.2. The Bertz CT molecular complexity index is 1860. The normalized spacial score (nSPS) is 17.4. The van der Waals surface area contributed by atoms with E-state index in [0.717, 1.165) is 11.3 Å². The molecule has 17 heteroatoms. The summed E-state index contributed by atoms with van der Waals surface area (Å²) >= 11 is 0. The van der Waals surface area contributed by atoms with Crippen molar-refractivity contribution in [2.75, 3.05) is 43.5 Å². The van der Waals surface area contributed by atoms with Crippen molar-refractivity contribution in [1.82, 2.24) is 30.9 Å². The Hall–Kier alpha value is -6.13. The summed E-state index contributed by atoms with van der Waals surface area (Å²) in [5, 5.41) is 14.0. The van der Waals surface area contributed by atoms with Gasteiger partial charge in [-0.1, -0.05) is 26.0 Å². The van der Waals surface area contributed by atoms with Crippen LogP contribution in [0.5, 0.6) is 11.8 Å². The van der Waals surface area contributed by atoms with Gasteiger partial charge in [-0.25, -0.2) is 0 Å². The molecule has 0 spiro atoms. The number of nitrogens with zero attached hydrogens (tertiary/aromatic N) is 3. The van der Waals surface area contributed by atoms with Gasteiger partial charge in [-0.15, -0.1) is 0 Å². The highest BCUT2D eigenvalue weighted by Crippen LogP contribution is 2.22. The molecular formula is C36H39F3N8O6. The number of carbonyl (C=O) groups is 3. The highest BCUT2D eigenvalue weighted by atomic mass is 19.4. The second-order valence-electron chi connectivity index (χ2n) is 12.8. The minimum atomic E-state index is -4.61. The first-order chi connectivity index (χ1) is 25.3. The van der Waals surface area contributed by atoms with E-state index in [2.05, 4.69) is 41.5 Å². The lowest BCUT2D eigenvalue weighted by Crippen LogP contribution is -2.46. The van der Waals surface area contributed by atoms with Crippen molar-refractivity contribution < 1.29 is 41.8 Å². The van der Waals surface area contributed by atoms with E-state index >= 15 is 0 Å². The number of carbonyl (C=O) groups excluding carboxylic acids is 3. The average Bonchev–Trinajstić information content (AvgIpc) is 3.13. The standard InChI is InChI=1S/C36H39F3N8O6/c1-35(2)20-41-29(48)24-7-9-26(10-8-24)44-33-45-32(46-34(47-33)53-22-36(37,38)39)40-19-23-5-13-27(14-6-23)51-17-3-4-18-52-28-15-11-25(12-16-28)43-31(50)30(49)42-21-35/h3-11,13-15H,12,16-22H2,1-2H3,(H,41,48)(H,42,49)(H,43,50)(H2,40,44,45,46,47). The number of ether oxygens (including phenoxy) is 3. The van der Waals surface area contributed by atoms with E-state index in [1.807, 2.05) is 38.1 Å². The summed E-state index contributed by atoms with van der Waals surface area (Å²) in [6, 6.07) is 12.8. The van der Waals surface area contributed by atoms with Gasteiger partial charge in [-0.05, 0) is 78.1 Å². The number of fused-ring (bicyclic) bond motifs is 3. The Morgan fingerprint density at radius 3 is 2.11 bits per heavy atom. The SMILES string of the molecule is CC1(C)CNC(=O)C(=O)NC2=CC=C(CC2)OCC=CCOc2ccc(cc2)CNc2nc(nc(OCC(F)(F)F)n2)Nc2ccc(cc2)C(=O)NC1. The molecule has 5 N–H and O–H groups in total. The summed E-state index contributed by atoms with van der Waals surface area (Å²) in [6.07, 6.45) is 3.52. The van der Waals surface area contributed by atoms with Crippen LogP contribution in [0.3, 0.4) is 0 Å². The molecule has 4 aliphatic heterocycles. The minimum absolute atomic E-state index is 0.0372. The van der Waals surface area contributed by atoms with Crippen molar-refractivity contribution >= 4 is 35.3 Å². The first-order valence-corrected chi connectivity index (χ1v) is 16.6. The number of anilines is 3. The summed E-state index contributed by atoms with van der Waals surface area (Å²) in [6.45, 7) is 3.18. The molecular weight excluding hydrogens is 697 g/mol. The first-order valence-electron chi connectivity index (χ1n) is 16.6. The summed E-state index contributed by atoms with van der Waals surface area (Å²) < 4.78 is 55.0. The molecule has 3 amide bonds. The number of allylic oxidation sites excluding steroid dienone is 4. The van der Waals surface area contributed by atoms with Crippen LogP contribution in [-0.2, 0) is 20.9 Å². The zero-order valence-corrected chi connectivity index (χ0v) is 29.0. The van der Waals surface area contributed by atoms with Gasteiger partial charge in [-0.2, -0.15) is 28.1 Å². The van der Waals surface area contributed by atoms with Crippen LogP contribution in [0.2, 0.25) is 0 Å². The van der Waals surface area contributed by atoms with Gasteiger partial charge in [-0.3, -0.25) is 14.4 Å². The van der Waals surface area contributed by atoms with Crippen molar-refractivity contribution in [1.29, 1.82) is 0 Å². The number of aromatic nitrogens is 3. The molecule has 0 radical (unpaired) electrons. The van der Waals surface area contributed by atoms with Gasteiger partial charge in [0.25, 0.3) is 5.91 Å². The second kappa shape index (κ2) is 17.4. The van der Waals surface area contributed by atoms with Crippen molar-refractivity contribution in [2.24, 2.45) is 5.41 Å². The molecule has 1 aromatic heterocycles. The predicted octanol–water partition coefficient (Wildman–Crippen LogP) is 4.68. The van der Waals surface area contributed by atoms with E-state index < -0.39 is 36.0 Å². The number of hydrogen-bond acceptors (Lipinski definition) is 11. The summed E-state index contributed by atoms with van der Waals surface area (Å²) in [7, 11) is 0. The summed E-state index contributed by atoms with van der Waals surface area (Å²) in [5.41, 5.74) is 1.55. The third-order valence-corrected chi connectivity index (χ3v) is 7.68. The first kappa shape index (κ1) is 38.1. The van der Waals surface area contributed by atoms with E-state index in [1.54, 1.807) is 36.4 Å². The van der Waals surface area contributed by atoms with Gasteiger partial charge < -0.3 is 40.8 Å². The number of nitrogens with one attached hydrogen (secondary N) is 5. The number of benzene rings is 2. The average molecular weight is 737 g/mol. The fourth-order valence-electron chi connectivity index (χ4n) is 4.79. The smallest absolute Gasteiger partial charge is 0.422 e. The number of amides is 3. The lowest BCUT2D eigenvalue weighted by molar-refractivity contribution is -0.154. The Balaban J connectivity index is 1.31. The predicted molar refractivity (Wildman–Crippen MR) is 188 cm³/mol. The molecule has 2 aromatic carbocycles. The summed E-state index contributed by atoms with van der Waals surface area (Å²) in [5.74, 6) is -0.768. The van der Waals surface area contributed by atoms with Crippen molar-refractivity contribution in [3.63, 3.8) is 0 Å². The van der Waals surface area contributed by atoms with Crippen LogP contribution in [-0.4, -0.2) is 71.8 Å². The minimum Gasteiger partial charge on any atom is -0.494 e. The molecule has 14 nitrogen and oxygen atoms in total. The molecule has 8 bridgehead atoms. The molecule has 5 aliphatic rings. The maximum Gasteiger partial charge on any atom is 0.422 e. The molecule has 0 atom stereocenters. The van der Waals surface area contributed by atoms with E-state index in [4.69, 9.17) is 14.2 Å². The van der Waals surface area contributed by atoms with Crippen LogP contribution in [0, 0.1) is 5.41 Å². The van der Waals surface area contributed by atoms with E-state index in [1.165, 1.54) is 12.1 Å². The van der Waals surface area contributed by atoms with Crippen LogP contribution < -0.4 is 36.1 Å². The van der Waals surface area contributed by atoms with Gasteiger partial charge >= 0.3 is 24.0 Å².